The first-order valence-electron chi connectivity index (χ1n) is 6.60. The molecule has 0 bridgehead atoms. The first-order valence-corrected chi connectivity index (χ1v) is 6.60. The van der Waals surface area contributed by atoms with Crippen LogP contribution in [-0.2, 0) is 0 Å². The molecule has 0 aliphatic heterocycles. The average molecular weight is 266 g/mol. The van der Waals surface area contributed by atoms with Gasteiger partial charge in [0.05, 0.1) is 19.9 Å². The van der Waals surface area contributed by atoms with Crippen LogP contribution in [0.4, 0.5) is 5.69 Å². The van der Waals surface area contributed by atoms with Crippen LogP contribution in [0.3, 0.4) is 0 Å². The summed E-state index contributed by atoms with van der Waals surface area (Å²) >= 11 is 0. The van der Waals surface area contributed by atoms with Gasteiger partial charge in [0.15, 0.2) is 0 Å². The highest BCUT2D eigenvalue weighted by Crippen LogP contribution is 2.33. The topological polar surface area (TPSA) is 56.5 Å². The van der Waals surface area contributed by atoms with Gasteiger partial charge in [0.1, 0.15) is 11.5 Å². The number of methoxy groups -OCH3 is 2. The van der Waals surface area contributed by atoms with Crippen molar-refractivity contribution in [2.75, 3.05) is 32.6 Å². The molecule has 0 saturated carbocycles. The van der Waals surface area contributed by atoms with Crippen LogP contribution in [0.2, 0.25) is 0 Å². The van der Waals surface area contributed by atoms with Crippen LogP contribution in [0, 0.1) is 12.3 Å². The highest BCUT2D eigenvalue weighted by atomic mass is 16.5. The Balaban J connectivity index is 2.78. The second-order valence-corrected chi connectivity index (χ2v) is 5.57. The third-order valence-corrected chi connectivity index (χ3v) is 3.38. The van der Waals surface area contributed by atoms with Crippen molar-refractivity contribution in [1.29, 1.82) is 0 Å². The lowest BCUT2D eigenvalue weighted by Crippen LogP contribution is -2.26. The molecular weight excluding hydrogens is 240 g/mol. The van der Waals surface area contributed by atoms with Crippen molar-refractivity contribution in [2.24, 2.45) is 11.1 Å². The molecular formula is C15H26N2O2. The maximum atomic E-state index is 5.74. The molecule has 108 valence electrons. The van der Waals surface area contributed by atoms with Crippen LogP contribution < -0.4 is 20.5 Å². The molecule has 0 unspecified atom stereocenters. The largest absolute Gasteiger partial charge is 0.497 e. The third-order valence-electron chi connectivity index (χ3n) is 3.38. The number of aryl methyl sites for hydroxylation is 1. The normalized spacial score (nSPS) is 11.3. The smallest absolute Gasteiger partial charge is 0.145 e. The number of hydrogen-bond donors (Lipinski definition) is 2. The van der Waals surface area contributed by atoms with Gasteiger partial charge in [0.2, 0.25) is 0 Å². The third kappa shape index (κ3) is 4.31. The molecule has 0 amide bonds. The Bertz CT molecular complexity index is 417. The van der Waals surface area contributed by atoms with Crippen LogP contribution in [-0.4, -0.2) is 27.3 Å². The Morgan fingerprint density at radius 1 is 1.21 bits per heavy atom. The van der Waals surface area contributed by atoms with Gasteiger partial charge in [-0.25, -0.2) is 0 Å². The lowest BCUT2D eigenvalue weighted by atomic mass is 9.89. The molecule has 0 atom stereocenters. The molecule has 0 heterocycles. The van der Waals surface area contributed by atoms with Gasteiger partial charge >= 0.3 is 0 Å². The van der Waals surface area contributed by atoms with E-state index in [0.29, 0.717) is 6.54 Å². The Labute approximate surface area is 116 Å². The SMILES string of the molecule is COc1cc(C)c(NCCC(C)(C)CN)c(OC)c1. The van der Waals surface area contributed by atoms with E-state index in [2.05, 4.69) is 19.2 Å². The molecule has 0 aliphatic carbocycles. The van der Waals surface area contributed by atoms with E-state index in [1.807, 2.05) is 19.1 Å². The summed E-state index contributed by atoms with van der Waals surface area (Å²) < 4.78 is 10.7. The van der Waals surface area contributed by atoms with Crippen LogP contribution in [0.25, 0.3) is 0 Å². The van der Waals surface area contributed by atoms with E-state index in [9.17, 15) is 0 Å². The zero-order valence-electron chi connectivity index (χ0n) is 12.7. The molecule has 4 nitrogen and oxygen atoms in total. The van der Waals surface area contributed by atoms with Gasteiger partial charge in [0, 0.05) is 12.6 Å². The monoisotopic (exact) mass is 266 g/mol. The van der Waals surface area contributed by atoms with E-state index in [-0.39, 0.29) is 5.41 Å². The Morgan fingerprint density at radius 2 is 1.89 bits per heavy atom. The Hall–Kier alpha value is -1.42. The summed E-state index contributed by atoms with van der Waals surface area (Å²) in [5.74, 6) is 1.62. The van der Waals surface area contributed by atoms with Crippen LogP contribution in [0.1, 0.15) is 25.8 Å². The number of nitrogens with one attached hydrogen (secondary N) is 1. The summed E-state index contributed by atoms with van der Waals surface area (Å²) in [5.41, 5.74) is 8.03. The van der Waals surface area contributed by atoms with Gasteiger partial charge in [-0.2, -0.15) is 0 Å². The molecule has 0 aromatic heterocycles. The van der Waals surface area contributed by atoms with Crippen LogP contribution in [0.5, 0.6) is 11.5 Å². The highest BCUT2D eigenvalue weighted by Gasteiger charge is 2.16. The van der Waals surface area contributed by atoms with E-state index in [0.717, 1.165) is 35.7 Å². The van der Waals surface area contributed by atoms with Crippen molar-refractivity contribution in [3.63, 3.8) is 0 Å². The summed E-state index contributed by atoms with van der Waals surface area (Å²) in [7, 11) is 3.33. The molecule has 3 N–H and O–H groups in total. The minimum Gasteiger partial charge on any atom is -0.497 e. The molecule has 19 heavy (non-hydrogen) atoms. The second kappa shape index (κ2) is 6.66. The predicted molar refractivity (Wildman–Crippen MR) is 80.2 cm³/mol. The molecule has 1 rings (SSSR count). The zero-order chi connectivity index (χ0) is 14.5. The van der Waals surface area contributed by atoms with Crippen molar-refractivity contribution in [3.05, 3.63) is 17.7 Å². The summed E-state index contributed by atoms with van der Waals surface area (Å²) in [4.78, 5) is 0. The number of anilines is 1. The average Bonchev–Trinajstić information content (AvgIpc) is 2.39. The lowest BCUT2D eigenvalue weighted by Gasteiger charge is -2.23. The minimum atomic E-state index is 0.153. The number of hydrogen-bond acceptors (Lipinski definition) is 4. The van der Waals surface area contributed by atoms with Crippen molar-refractivity contribution in [1.82, 2.24) is 0 Å². The molecule has 4 heteroatoms. The Morgan fingerprint density at radius 3 is 2.42 bits per heavy atom. The standard InChI is InChI=1S/C15H26N2O2/c1-11-8-12(18-4)9-13(19-5)14(11)17-7-6-15(2,3)10-16/h8-9,17H,6-7,10,16H2,1-5H3. The van der Waals surface area contributed by atoms with Gasteiger partial charge in [-0.3, -0.25) is 0 Å². The van der Waals surface area contributed by atoms with E-state index < -0.39 is 0 Å². The summed E-state index contributed by atoms with van der Waals surface area (Å²) in [6, 6.07) is 3.89. The summed E-state index contributed by atoms with van der Waals surface area (Å²) in [6.45, 7) is 7.95. The van der Waals surface area contributed by atoms with Crippen molar-refractivity contribution in [3.8, 4) is 11.5 Å². The van der Waals surface area contributed by atoms with Crippen molar-refractivity contribution in [2.45, 2.75) is 27.2 Å². The lowest BCUT2D eigenvalue weighted by molar-refractivity contribution is 0.357. The van der Waals surface area contributed by atoms with Gasteiger partial charge < -0.3 is 20.5 Å². The van der Waals surface area contributed by atoms with E-state index >= 15 is 0 Å². The van der Waals surface area contributed by atoms with Gasteiger partial charge in [-0.1, -0.05) is 13.8 Å². The highest BCUT2D eigenvalue weighted by molar-refractivity contribution is 5.64. The minimum absolute atomic E-state index is 0.153. The van der Waals surface area contributed by atoms with E-state index in [1.165, 1.54) is 0 Å². The maximum Gasteiger partial charge on any atom is 0.145 e. The second-order valence-electron chi connectivity index (χ2n) is 5.57. The first kappa shape index (κ1) is 15.6. The maximum absolute atomic E-state index is 5.74. The zero-order valence-corrected chi connectivity index (χ0v) is 12.7. The molecule has 0 aliphatic rings. The number of nitrogens with two attached hydrogens (primary N) is 1. The van der Waals surface area contributed by atoms with E-state index in [1.54, 1.807) is 14.2 Å². The molecule has 0 spiro atoms. The molecule has 1 aromatic carbocycles. The molecule has 0 radical (unpaired) electrons. The fraction of sp³-hybridized carbons (Fsp3) is 0.600. The summed E-state index contributed by atoms with van der Waals surface area (Å²) in [6.07, 6.45) is 1.01. The van der Waals surface area contributed by atoms with Crippen LogP contribution >= 0.6 is 0 Å². The van der Waals surface area contributed by atoms with Crippen molar-refractivity contribution >= 4 is 5.69 Å². The first-order chi connectivity index (χ1) is 8.93. The van der Waals surface area contributed by atoms with Crippen LogP contribution in [0.15, 0.2) is 12.1 Å². The fourth-order valence-corrected chi connectivity index (χ4v) is 1.86. The summed E-state index contributed by atoms with van der Waals surface area (Å²) in [5, 5.41) is 3.44. The molecule has 0 fully saturated rings. The van der Waals surface area contributed by atoms with Gasteiger partial charge in [-0.05, 0) is 36.9 Å². The quantitative estimate of drug-likeness (QED) is 0.797. The van der Waals surface area contributed by atoms with Crippen molar-refractivity contribution < 1.29 is 9.47 Å². The number of benzene rings is 1. The van der Waals surface area contributed by atoms with E-state index in [4.69, 9.17) is 15.2 Å². The number of rotatable bonds is 7. The molecule has 1 aromatic rings. The molecule has 0 saturated heterocycles. The fourth-order valence-electron chi connectivity index (χ4n) is 1.86. The Kier molecular flexibility index (Phi) is 5.48. The van der Waals surface area contributed by atoms with Gasteiger partial charge in [0.25, 0.3) is 0 Å². The predicted octanol–water partition coefficient (Wildman–Crippen LogP) is 2.80. The number of ether oxygens (including phenoxy) is 2. The van der Waals surface area contributed by atoms with Gasteiger partial charge in [-0.15, -0.1) is 0 Å².